The van der Waals surface area contributed by atoms with Gasteiger partial charge in [-0.3, -0.25) is 19.8 Å². The molecule has 0 radical (unpaired) electrons. The minimum atomic E-state index is -1.08. The first-order chi connectivity index (χ1) is 9.47. The molecule has 106 valence electrons. The lowest BCUT2D eigenvalue weighted by Gasteiger charge is -2.16. The maximum absolute atomic E-state index is 13.7. The fourth-order valence-corrected chi connectivity index (χ4v) is 2.04. The number of rotatable bonds is 4. The number of nitrogens with one attached hydrogen (secondary N) is 1. The summed E-state index contributed by atoms with van der Waals surface area (Å²) in [6.07, 6.45) is 0.165. The number of ketones is 1. The van der Waals surface area contributed by atoms with E-state index in [9.17, 15) is 23.2 Å². The molecule has 0 fully saturated rings. The Hall–Kier alpha value is -2.35. The Balaban J connectivity index is 2.25. The van der Waals surface area contributed by atoms with Crippen LogP contribution in [0.2, 0.25) is 0 Å². The van der Waals surface area contributed by atoms with Crippen LogP contribution in [0.15, 0.2) is 12.1 Å². The van der Waals surface area contributed by atoms with E-state index < -0.39 is 34.8 Å². The molecule has 6 nitrogen and oxygen atoms in total. The number of Topliss-reactive ketones (excluding diaryl/α,β-unsaturated/α-hetero) is 1. The Bertz CT molecular complexity index is 604. The molecule has 1 aromatic carbocycles. The number of fused-ring (bicyclic) bond motifs is 1. The number of amides is 2. The predicted octanol–water partition coefficient (Wildman–Crippen LogP) is 0.264. The van der Waals surface area contributed by atoms with Crippen molar-refractivity contribution in [3.63, 3.8) is 0 Å². The Kier molecular flexibility index (Phi) is 3.75. The fraction of sp³-hybridized carbons (Fsp3) is 0.250. The molecule has 8 heteroatoms. The molecule has 2 rings (SSSR count). The number of halogens is 2. The topological polar surface area (TPSA) is 92.5 Å². The molecular weight excluding hydrogens is 272 g/mol. The zero-order valence-corrected chi connectivity index (χ0v) is 10.3. The van der Waals surface area contributed by atoms with Crippen LogP contribution in [-0.4, -0.2) is 24.1 Å². The van der Waals surface area contributed by atoms with Gasteiger partial charge in [-0.1, -0.05) is 0 Å². The minimum Gasteiger partial charge on any atom is -0.302 e. The summed E-state index contributed by atoms with van der Waals surface area (Å²) in [4.78, 5) is 35.2. The van der Waals surface area contributed by atoms with E-state index in [2.05, 4.69) is 0 Å². The zero-order valence-electron chi connectivity index (χ0n) is 10.3. The molecule has 0 aromatic heterocycles. The van der Waals surface area contributed by atoms with Crippen molar-refractivity contribution < 1.29 is 23.2 Å². The molecule has 0 saturated heterocycles. The van der Waals surface area contributed by atoms with Gasteiger partial charge in [0.05, 0.1) is 11.3 Å². The molecule has 0 unspecified atom stereocenters. The Morgan fingerprint density at radius 3 is 2.55 bits per heavy atom. The number of hydrogen-bond donors (Lipinski definition) is 2. The van der Waals surface area contributed by atoms with Crippen molar-refractivity contribution in [1.29, 1.82) is 0 Å². The van der Waals surface area contributed by atoms with E-state index >= 15 is 0 Å². The van der Waals surface area contributed by atoms with Crippen molar-refractivity contribution in [2.75, 3.05) is 11.4 Å². The summed E-state index contributed by atoms with van der Waals surface area (Å²) in [7, 11) is 0. The summed E-state index contributed by atoms with van der Waals surface area (Å²) in [6.45, 7) is -0.0780. The van der Waals surface area contributed by atoms with Gasteiger partial charge in [0, 0.05) is 13.0 Å². The Labute approximate surface area is 112 Å². The fourth-order valence-electron chi connectivity index (χ4n) is 2.04. The van der Waals surface area contributed by atoms with Crippen LogP contribution < -0.4 is 16.2 Å². The highest BCUT2D eigenvalue weighted by Crippen LogP contribution is 2.33. The van der Waals surface area contributed by atoms with E-state index in [1.165, 1.54) is 0 Å². The van der Waals surface area contributed by atoms with Crippen molar-refractivity contribution in [3.8, 4) is 0 Å². The van der Waals surface area contributed by atoms with Crippen molar-refractivity contribution >= 4 is 23.3 Å². The third-order valence-corrected chi connectivity index (χ3v) is 2.96. The Morgan fingerprint density at radius 2 is 1.90 bits per heavy atom. The third kappa shape index (κ3) is 2.25. The molecule has 20 heavy (non-hydrogen) atoms. The summed E-state index contributed by atoms with van der Waals surface area (Å²) in [6, 6.07) is 1.64. The number of carbonyl (C=O) groups is 3. The van der Waals surface area contributed by atoms with E-state index in [-0.39, 0.29) is 25.1 Å². The van der Waals surface area contributed by atoms with Crippen LogP contribution in [0.1, 0.15) is 23.2 Å². The van der Waals surface area contributed by atoms with Gasteiger partial charge in [-0.25, -0.2) is 14.6 Å². The van der Waals surface area contributed by atoms with E-state index in [4.69, 9.17) is 5.84 Å². The van der Waals surface area contributed by atoms with Crippen molar-refractivity contribution in [2.45, 2.75) is 12.8 Å². The van der Waals surface area contributed by atoms with E-state index in [0.29, 0.717) is 0 Å². The molecule has 3 N–H and O–H groups in total. The summed E-state index contributed by atoms with van der Waals surface area (Å²) in [5.41, 5.74) is 0.982. The van der Waals surface area contributed by atoms with E-state index in [1.807, 2.05) is 5.43 Å². The maximum Gasteiger partial charge on any atom is 0.299 e. The largest absolute Gasteiger partial charge is 0.302 e. The molecule has 1 aromatic rings. The molecule has 2 amide bonds. The summed E-state index contributed by atoms with van der Waals surface area (Å²) in [5, 5.41) is 0. The zero-order chi connectivity index (χ0) is 14.9. The number of anilines is 1. The van der Waals surface area contributed by atoms with Gasteiger partial charge < -0.3 is 4.90 Å². The molecule has 1 aliphatic rings. The van der Waals surface area contributed by atoms with Gasteiger partial charge in [-0.05, 0) is 18.6 Å². The second-order valence-electron chi connectivity index (χ2n) is 4.21. The van der Waals surface area contributed by atoms with Crippen LogP contribution in [0.5, 0.6) is 0 Å². The minimum absolute atomic E-state index is 0.000733. The quantitative estimate of drug-likeness (QED) is 0.359. The van der Waals surface area contributed by atoms with Crippen LogP contribution in [0, 0.1) is 11.6 Å². The van der Waals surface area contributed by atoms with Crippen LogP contribution in [0.25, 0.3) is 0 Å². The van der Waals surface area contributed by atoms with Crippen LogP contribution >= 0.6 is 0 Å². The first-order valence-corrected chi connectivity index (χ1v) is 5.81. The van der Waals surface area contributed by atoms with Crippen molar-refractivity contribution in [2.24, 2.45) is 5.84 Å². The number of nitrogens with zero attached hydrogens (tertiary/aromatic N) is 1. The lowest BCUT2D eigenvalue weighted by atomic mass is 10.1. The SMILES string of the molecule is NNC(=O)CCCN1C(=O)C(=O)c2c(F)ccc(F)c21. The number of hydrazine groups is 1. The highest BCUT2D eigenvalue weighted by atomic mass is 19.1. The highest BCUT2D eigenvalue weighted by molar-refractivity contribution is 6.52. The van der Waals surface area contributed by atoms with Gasteiger partial charge in [0.2, 0.25) is 5.91 Å². The average Bonchev–Trinajstić information content (AvgIpc) is 2.68. The maximum atomic E-state index is 13.7. The smallest absolute Gasteiger partial charge is 0.299 e. The van der Waals surface area contributed by atoms with Crippen molar-refractivity contribution in [1.82, 2.24) is 5.43 Å². The third-order valence-electron chi connectivity index (χ3n) is 2.96. The highest BCUT2D eigenvalue weighted by Gasteiger charge is 2.40. The van der Waals surface area contributed by atoms with E-state index in [1.54, 1.807) is 0 Å². The van der Waals surface area contributed by atoms with Gasteiger partial charge >= 0.3 is 0 Å². The lowest BCUT2D eigenvalue weighted by Crippen LogP contribution is -2.33. The van der Waals surface area contributed by atoms with E-state index in [0.717, 1.165) is 17.0 Å². The van der Waals surface area contributed by atoms with Gasteiger partial charge in [0.15, 0.2) is 0 Å². The standard InChI is InChI=1S/C12H11F2N3O3/c13-6-3-4-7(14)10-9(6)11(19)12(20)17(10)5-1-2-8(18)16-15/h3-4H,1-2,5,15H2,(H,16,18). The lowest BCUT2D eigenvalue weighted by molar-refractivity contribution is -0.121. The summed E-state index contributed by atoms with van der Waals surface area (Å²) < 4.78 is 27.2. The van der Waals surface area contributed by atoms with Crippen LogP contribution in [-0.2, 0) is 9.59 Å². The normalized spacial score (nSPS) is 13.7. The van der Waals surface area contributed by atoms with Gasteiger partial charge in [0.25, 0.3) is 11.7 Å². The van der Waals surface area contributed by atoms with Gasteiger partial charge in [0.1, 0.15) is 11.6 Å². The molecule has 0 bridgehead atoms. The molecule has 1 heterocycles. The molecule has 0 atom stereocenters. The van der Waals surface area contributed by atoms with Gasteiger partial charge in [-0.2, -0.15) is 0 Å². The average molecular weight is 283 g/mol. The first kappa shape index (κ1) is 14.1. The predicted molar refractivity (Wildman–Crippen MR) is 64.6 cm³/mol. The molecular formula is C12H11F2N3O3. The number of hydrogen-bond acceptors (Lipinski definition) is 4. The Morgan fingerprint density at radius 1 is 1.25 bits per heavy atom. The molecule has 0 saturated carbocycles. The van der Waals surface area contributed by atoms with Crippen LogP contribution in [0.3, 0.4) is 0 Å². The molecule has 1 aliphatic heterocycles. The van der Waals surface area contributed by atoms with Gasteiger partial charge in [-0.15, -0.1) is 0 Å². The number of nitrogens with two attached hydrogens (primary N) is 1. The second kappa shape index (κ2) is 5.33. The van der Waals surface area contributed by atoms with Crippen molar-refractivity contribution in [3.05, 3.63) is 29.3 Å². The first-order valence-electron chi connectivity index (χ1n) is 5.81. The number of carbonyl (C=O) groups excluding carboxylic acids is 3. The summed E-state index contributed by atoms with van der Waals surface area (Å²) in [5.74, 6) is 0.551. The number of benzene rings is 1. The molecule has 0 spiro atoms. The molecule has 0 aliphatic carbocycles. The summed E-state index contributed by atoms with van der Waals surface area (Å²) >= 11 is 0. The second-order valence-corrected chi connectivity index (χ2v) is 4.21. The monoisotopic (exact) mass is 283 g/mol. The van der Waals surface area contributed by atoms with Crippen LogP contribution in [0.4, 0.5) is 14.5 Å².